The molecule has 9 nitrogen and oxygen atoms in total. The van der Waals surface area contributed by atoms with E-state index in [1.54, 1.807) is 11.6 Å². The maximum absolute atomic E-state index is 12.8. The van der Waals surface area contributed by atoms with E-state index in [4.69, 9.17) is 4.74 Å². The molecule has 29 heavy (non-hydrogen) atoms. The summed E-state index contributed by atoms with van der Waals surface area (Å²) < 4.78 is 9.64. The molecule has 2 heterocycles. The predicted molar refractivity (Wildman–Crippen MR) is 112 cm³/mol. The summed E-state index contributed by atoms with van der Waals surface area (Å²) in [4.78, 5) is 29.5. The lowest BCUT2D eigenvalue weighted by Crippen LogP contribution is -2.38. The third-order valence-corrected chi connectivity index (χ3v) is 4.74. The molecule has 0 bridgehead atoms. The van der Waals surface area contributed by atoms with Crippen molar-refractivity contribution in [2.75, 3.05) is 18.5 Å². The first-order valence-corrected chi connectivity index (χ1v) is 9.70. The zero-order valence-corrected chi connectivity index (χ0v) is 17.0. The largest absolute Gasteiger partial charge is 0.491 e. The van der Waals surface area contributed by atoms with E-state index in [0.717, 1.165) is 17.4 Å². The Morgan fingerprint density at radius 3 is 2.59 bits per heavy atom. The molecule has 0 amide bonds. The van der Waals surface area contributed by atoms with Gasteiger partial charge in [-0.3, -0.25) is 13.9 Å². The normalized spacial score (nSPS) is 12.3. The summed E-state index contributed by atoms with van der Waals surface area (Å²) in [5, 5.41) is 13.8. The highest BCUT2D eigenvalue weighted by atomic mass is 16.5. The van der Waals surface area contributed by atoms with Crippen molar-refractivity contribution in [2.45, 2.75) is 32.4 Å². The van der Waals surface area contributed by atoms with Crippen LogP contribution in [-0.2, 0) is 20.6 Å². The van der Waals surface area contributed by atoms with Crippen molar-refractivity contribution in [3.63, 3.8) is 0 Å². The molecule has 0 spiro atoms. The van der Waals surface area contributed by atoms with E-state index in [-0.39, 0.29) is 24.3 Å². The molecule has 0 fully saturated rings. The van der Waals surface area contributed by atoms with Gasteiger partial charge in [0.05, 0.1) is 6.54 Å². The fourth-order valence-electron chi connectivity index (χ4n) is 3.11. The average Bonchev–Trinajstić information content (AvgIpc) is 3.08. The van der Waals surface area contributed by atoms with Crippen LogP contribution in [0, 0.1) is 0 Å². The van der Waals surface area contributed by atoms with Crippen LogP contribution in [0.4, 0.5) is 5.95 Å². The number of aromatic nitrogens is 4. The first-order chi connectivity index (χ1) is 13.9. The Balaban J connectivity index is 1.94. The molecule has 3 aromatic rings. The van der Waals surface area contributed by atoms with E-state index in [2.05, 4.69) is 17.2 Å². The number of hydrogen-bond acceptors (Lipinski definition) is 6. The molecule has 1 aromatic carbocycles. The zero-order valence-electron chi connectivity index (χ0n) is 17.0. The van der Waals surface area contributed by atoms with Crippen LogP contribution in [0.15, 0.2) is 39.9 Å². The molecule has 156 valence electrons. The second-order valence-electron chi connectivity index (χ2n) is 6.98. The Hall–Kier alpha value is -3.07. The summed E-state index contributed by atoms with van der Waals surface area (Å²) in [5.74, 6) is 1.10. The van der Waals surface area contributed by atoms with Crippen LogP contribution in [0.1, 0.15) is 19.8 Å². The molecule has 0 aliphatic heterocycles. The van der Waals surface area contributed by atoms with Crippen LogP contribution in [0.25, 0.3) is 11.2 Å². The number of unbranched alkanes of at least 4 members (excludes halogenated alkanes) is 1. The number of anilines is 1. The van der Waals surface area contributed by atoms with Crippen molar-refractivity contribution in [3.8, 4) is 5.75 Å². The molecule has 0 aliphatic rings. The lowest BCUT2D eigenvalue weighted by molar-refractivity contribution is 0.0938. The minimum Gasteiger partial charge on any atom is -0.491 e. The lowest BCUT2D eigenvalue weighted by atomic mass is 10.3. The summed E-state index contributed by atoms with van der Waals surface area (Å²) in [6, 6.07) is 9.20. The van der Waals surface area contributed by atoms with Gasteiger partial charge in [-0.1, -0.05) is 31.5 Å². The number of nitrogens with one attached hydrogen (secondary N) is 1. The number of ether oxygens (including phenoxy) is 1. The van der Waals surface area contributed by atoms with Crippen molar-refractivity contribution in [2.24, 2.45) is 14.1 Å². The summed E-state index contributed by atoms with van der Waals surface area (Å²) in [6.45, 7) is 2.91. The summed E-state index contributed by atoms with van der Waals surface area (Å²) >= 11 is 0. The van der Waals surface area contributed by atoms with E-state index in [1.807, 2.05) is 30.3 Å². The Morgan fingerprint density at radius 2 is 1.90 bits per heavy atom. The van der Waals surface area contributed by atoms with Crippen molar-refractivity contribution >= 4 is 17.1 Å². The first-order valence-electron chi connectivity index (χ1n) is 9.70. The van der Waals surface area contributed by atoms with Gasteiger partial charge in [0, 0.05) is 20.6 Å². The monoisotopic (exact) mass is 401 g/mol. The highest BCUT2D eigenvalue weighted by Gasteiger charge is 2.21. The number of hydrogen-bond donors (Lipinski definition) is 2. The van der Waals surface area contributed by atoms with Gasteiger partial charge in [-0.25, -0.2) is 4.79 Å². The molecule has 1 atom stereocenters. The van der Waals surface area contributed by atoms with Gasteiger partial charge in [0.25, 0.3) is 5.56 Å². The first kappa shape index (κ1) is 20.7. The Bertz CT molecular complexity index is 1080. The number of nitrogens with zero attached hydrogens (tertiary/aromatic N) is 4. The van der Waals surface area contributed by atoms with Crippen molar-refractivity contribution in [3.05, 3.63) is 51.2 Å². The van der Waals surface area contributed by atoms with E-state index in [9.17, 15) is 14.7 Å². The van der Waals surface area contributed by atoms with Gasteiger partial charge in [0.2, 0.25) is 5.95 Å². The van der Waals surface area contributed by atoms with Gasteiger partial charge in [-0.15, -0.1) is 0 Å². The zero-order chi connectivity index (χ0) is 21.0. The summed E-state index contributed by atoms with van der Waals surface area (Å²) in [5.41, 5.74) is -0.337. The van der Waals surface area contributed by atoms with E-state index < -0.39 is 17.4 Å². The van der Waals surface area contributed by atoms with E-state index in [1.165, 1.54) is 11.6 Å². The van der Waals surface area contributed by atoms with Gasteiger partial charge in [-0.05, 0) is 18.6 Å². The number of aliphatic hydroxyl groups is 1. The van der Waals surface area contributed by atoms with Gasteiger partial charge < -0.3 is 19.7 Å². The van der Waals surface area contributed by atoms with Crippen LogP contribution >= 0.6 is 0 Å². The quantitative estimate of drug-likeness (QED) is 0.520. The number of imidazole rings is 1. The number of para-hydroxylation sites is 1. The third kappa shape index (κ3) is 4.34. The molecule has 0 saturated carbocycles. The topological polar surface area (TPSA) is 103 Å². The molecule has 9 heteroatoms. The number of benzene rings is 1. The number of fused-ring (bicyclic) bond motifs is 1. The van der Waals surface area contributed by atoms with Gasteiger partial charge in [0.15, 0.2) is 11.2 Å². The van der Waals surface area contributed by atoms with Crippen LogP contribution in [0.3, 0.4) is 0 Å². The SMILES string of the molecule is CCCCNc1nc2c(c(=O)n(C)c(=O)n2C)n1CC(O)COc1ccccc1. The molecule has 3 rings (SSSR count). The average molecular weight is 401 g/mol. The number of rotatable bonds is 9. The molecule has 2 aromatic heterocycles. The van der Waals surface area contributed by atoms with Crippen molar-refractivity contribution in [1.82, 2.24) is 18.7 Å². The standard InChI is InChI=1S/C20H27N5O4/c1-4-5-11-21-19-22-17-16(18(27)24(3)20(28)23(17)2)25(19)12-14(26)13-29-15-9-7-6-8-10-15/h6-10,14,26H,4-5,11-13H2,1-3H3,(H,21,22). The van der Waals surface area contributed by atoms with Crippen LogP contribution in [-0.4, -0.2) is 43.0 Å². The molecular weight excluding hydrogens is 374 g/mol. The van der Waals surface area contributed by atoms with Gasteiger partial charge in [-0.2, -0.15) is 4.98 Å². The predicted octanol–water partition coefficient (Wildman–Crippen LogP) is 1.09. The molecule has 2 N–H and O–H groups in total. The number of aryl methyl sites for hydroxylation is 1. The number of aliphatic hydroxyl groups excluding tert-OH is 1. The Labute approximate surface area is 168 Å². The smallest absolute Gasteiger partial charge is 0.332 e. The minimum absolute atomic E-state index is 0.0597. The maximum Gasteiger partial charge on any atom is 0.332 e. The summed E-state index contributed by atoms with van der Waals surface area (Å²) in [6.07, 6.45) is 1.06. The molecule has 1 unspecified atom stereocenters. The Kier molecular flexibility index (Phi) is 6.38. The van der Waals surface area contributed by atoms with E-state index >= 15 is 0 Å². The van der Waals surface area contributed by atoms with Crippen molar-refractivity contribution in [1.29, 1.82) is 0 Å². The molecule has 0 radical (unpaired) electrons. The van der Waals surface area contributed by atoms with Crippen molar-refractivity contribution < 1.29 is 9.84 Å². The van der Waals surface area contributed by atoms with Crippen LogP contribution < -0.4 is 21.3 Å². The van der Waals surface area contributed by atoms with Crippen LogP contribution in [0.2, 0.25) is 0 Å². The fraction of sp³-hybridized carbons (Fsp3) is 0.450. The lowest BCUT2D eigenvalue weighted by Gasteiger charge is -2.16. The molecular formula is C20H27N5O4. The highest BCUT2D eigenvalue weighted by Crippen LogP contribution is 2.17. The van der Waals surface area contributed by atoms with Gasteiger partial charge in [0.1, 0.15) is 18.5 Å². The molecule has 0 aliphatic carbocycles. The second-order valence-corrected chi connectivity index (χ2v) is 6.98. The van der Waals surface area contributed by atoms with Crippen LogP contribution in [0.5, 0.6) is 5.75 Å². The maximum atomic E-state index is 12.8. The highest BCUT2D eigenvalue weighted by molar-refractivity contribution is 5.74. The van der Waals surface area contributed by atoms with Gasteiger partial charge >= 0.3 is 5.69 Å². The minimum atomic E-state index is -0.874. The van der Waals surface area contributed by atoms with E-state index in [0.29, 0.717) is 18.2 Å². The molecule has 0 saturated heterocycles. The Morgan fingerprint density at radius 1 is 1.17 bits per heavy atom. The third-order valence-electron chi connectivity index (χ3n) is 4.74. The fourth-order valence-corrected chi connectivity index (χ4v) is 3.11. The second kappa shape index (κ2) is 8.95. The summed E-state index contributed by atoms with van der Waals surface area (Å²) in [7, 11) is 3.01.